The van der Waals surface area contributed by atoms with Crippen molar-refractivity contribution in [2.45, 2.75) is 13.2 Å². The van der Waals surface area contributed by atoms with Crippen molar-refractivity contribution in [1.82, 2.24) is 15.5 Å². The molecule has 6 nitrogen and oxygen atoms in total. The maximum absolute atomic E-state index is 5.85. The van der Waals surface area contributed by atoms with Gasteiger partial charge in [-0.25, -0.2) is 0 Å². The van der Waals surface area contributed by atoms with E-state index in [-0.39, 0.29) is 0 Å². The zero-order valence-corrected chi connectivity index (χ0v) is 18.3. The second kappa shape index (κ2) is 10.6. The summed E-state index contributed by atoms with van der Waals surface area (Å²) in [7, 11) is 3.34. The van der Waals surface area contributed by atoms with Gasteiger partial charge in [0.25, 0.3) is 0 Å². The van der Waals surface area contributed by atoms with Crippen molar-refractivity contribution in [2.24, 2.45) is 0 Å². The van der Waals surface area contributed by atoms with Crippen LogP contribution in [0.4, 0.5) is 0 Å². The van der Waals surface area contributed by atoms with Gasteiger partial charge in [0.05, 0.1) is 44.2 Å². The van der Waals surface area contributed by atoms with Gasteiger partial charge in [0.15, 0.2) is 0 Å². The maximum atomic E-state index is 5.85. The molecule has 0 spiro atoms. The first kappa shape index (κ1) is 21.6. The van der Waals surface area contributed by atoms with Gasteiger partial charge in [-0.05, 0) is 35.4 Å². The molecule has 2 N–H and O–H groups in total. The van der Waals surface area contributed by atoms with E-state index in [1.807, 2.05) is 66.7 Å². The lowest BCUT2D eigenvalue weighted by Gasteiger charge is -2.11. The molecule has 0 radical (unpaired) electrons. The highest BCUT2D eigenvalue weighted by molar-refractivity contribution is 5.95. The molecule has 0 unspecified atom stereocenters. The van der Waals surface area contributed by atoms with Crippen molar-refractivity contribution in [3.05, 3.63) is 89.1 Å². The van der Waals surface area contributed by atoms with Gasteiger partial charge in [-0.2, -0.15) is 5.10 Å². The lowest BCUT2D eigenvalue weighted by molar-refractivity contribution is 0.101. The number of aromatic nitrogens is 2. The first-order valence-electron chi connectivity index (χ1n) is 10.5. The number of nitrogens with zero attached hydrogens (tertiary/aromatic N) is 1. The van der Waals surface area contributed by atoms with E-state index in [2.05, 4.69) is 27.6 Å². The van der Waals surface area contributed by atoms with Crippen molar-refractivity contribution < 1.29 is 14.2 Å². The first-order chi connectivity index (χ1) is 15.8. The molecule has 6 heteroatoms. The number of aromatic amines is 1. The van der Waals surface area contributed by atoms with Gasteiger partial charge in [-0.1, -0.05) is 54.6 Å². The fraction of sp³-hybridized carbons (Fsp3) is 0.192. The van der Waals surface area contributed by atoms with E-state index in [0.717, 1.165) is 45.8 Å². The molecule has 4 rings (SSSR count). The van der Waals surface area contributed by atoms with E-state index >= 15 is 0 Å². The van der Waals surface area contributed by atoms with Gasteiger partial charge in [0, 0.05) is 12.1 Å². The summed E-state index contributed by atoms with van der Waals surface area (Å²) in [6.07, 6.45) is 4.00. The van der Waals surface area contributed by atoms with E-state index in [1.165, 1.54) is 5.56 Å². The minimum Gasteiger partial charge on any atom is -0.497 e. The Morgan fingerprint density at radius 3 is 2.47 bits per heavy atom. The molecule has 0 fully saturated rings. The third-order valence-corrected chi connectivity index (χ3v) is 5.18. The van der Waals surface area contributed by atoms with E-state index in [1.54, 1.807) is 14.2 Å². The molecule has 0 saturated heterocycles. The van der Waals surface area contributed by atoms with Gasteiger partial charge < -0.3 is 14.2 Å². The van der Waals surface area contributed by atoms with Crippen molar-refractivity contribution in [3.8, 4) is 11.5 Å². The van der Waals surface area contributed by atoms with Crippen molar-refractivity contribution in [1.29, 1.82) is 0 Å². The second-order valence-corrected chi connectivity index (χ2v) is 7.30. The Morgan fingerprint density at radius 1 is 0.906 bits per heavy atom. The number of fused-ring (bicyclic) bond motifs is 1. The molecule has 0 atom stereocenters. The smallest absolute Gasteiger partial charge is 0.136 e. The highest BCUT2D eigenvalue weighted by Gasteiger charge is 2.14. The average Bonchev–Trinajstić information content (AvgIpc) is 3.26. The Hall–Kier alpha value is -3.61. The topological polar surface area (TPSA) is 68.4 Å². The molecule has 0 saturated carbocycles. The molecule has 0 bridgehead atoms. The summed E-state index contributed by atoms with van der Waals surface area (Å²) in [5.41, 5.74) is 4.99. The van der Waals surface area contributed by atoms with Crippen LogP contribution in [0.1, 0.15) is 22.4 Å². The van der Waals surface area contributed by atoms with Crippen molar-refractivity contribution in [2.75, 3.05) is 21.0 Å². The number of nitrogens with one attached hydrogen (secondary N) is 2. The van der Waals surface area contributed by atoms with E-state index in [4.69, 9.17) is 14.2 Å². The lowest BCUT2D eigenvalue weighted by Crippen LogP contribution is -2.17. The maximum Gasteiger partial charge on any atom is 0.136 e. The third-order valence-electron chi connectivity index (χ3n) is 5.18. The van der Waals surface area contributed by atoms with Crippen LogP contribution < -0.4 is 14.8 Å². The fourth-order valence-electron chi connectivity index (χ4n) is 3.53. The summed E-state index contributed by atoms with van der Waals surface area (Å²) >= 11 is 0. The molecule has 0 aliphatic heterocycles. The SMILES string of the molecule is COc1ccc(/C=C/c2n[nH]c3ccc(COCNCc4ccccc4)c(OC)c23)cc1. The van der Waals surface area contributed by atoms with Crippen LogP contribution in [0.25, 0.3) is 23.1 Å². The normalized spacial score (nSPS) is 11.3. The molecular weight excluding hydrogens is 402 g/mol. The summed E-state index contributed by atoms with van der Waals surface area (Å²) in [5, 5.41) is 11.8. The van der Waals surface area contributed by atoms with Crippen LogP contribution in [0, 0.1) is 0 Å². The Bertz CT molecular complexity index is 1170. The van der Waals surface area contributed by atoms with Gasteiger partial charge in [-0.3, -0.25) is 10.4 Å². The average molecular weight is 430 g/mol. The zero-order chi connectivity index (χ0) is 22.2. The van der Waals surface area contributed by atoms with E-state index in [9.17, 15) is 0 Å². The summed E-state index contributed by atoms with van der Waals surface area (Å²) in [4.78, 5) is 0. The number of methoxy groups -OCH3 is 2. The van der Waals surface area contributed by atoms with Gasteiger partial charge >= 0.3 is 0 Å². The minimum absolute atomic E-state index is 0.438. The van der Waals surface area contributed by atoms with Crippen LogP contribution in [0.15, 0.2) is 66.7 Å². The summed E-state index contributed by atoms with van der Waals surface area (Å²) in [6, 6.07) is 22.1. The molecular formula is C26H27N3O3. The van der Waals surface area contributed by atoms with Gasteiger partial charge in [0.1, 0.15) is 11.5 Å². The van der Waals surface area contributed by atoms with Crippen LogP contribution in [-0.2, 0) is 17.9 Å². The Labute approximate surface area is 187 Å². The van der Waals surface area contributed by atoms with Crippen LogP contribution >= 0.6 is 0 Å². The molecule has 1 heterocycles. The first-order valence-corrected chi connectivity index (χ1v) is 10.5. The molecule has 0 aliphatic rings. The van der Waals surface area contributed by atoms with E-state index < -0.39 is 0 Å². The highest BCUT2D eigenvalue weighted by atomic mass is 16.5. The second-order valence-electron chi connectivity index (χ2n) is 7.30. The Kier molecular flexibility index (Phi) is 7.17. The van der Waals surface area contributed by atoms with E-state index in [0.29, 0.717) is 13.3 Å². The summed E-state index contributed by atoms with van der Waals surface area (Å²) in [5.74, 6) is 1.60. The van der Waals surface area contributed by atoms with Crippen LogP contribution in [0.5, 0.6) is 11.5 Å². The summed E-state index contributed by atoms with van der Waals surface area (Å²) < 4.78 is 16.8. The lowest BCUT2D eigenvalue weighted by atomic mass is 10.1. The molecule has 0 amide bonds. The number of ether oxygens (including phenoxy) is 3. The molecule has 4 aromatic rings. The Balaban J connectivity index is 1.45. The third kappa shape index (κ3) is 5.17. The van der Waals surface area contributed by atoms with Gasteiger partial charge in [0.2, 0.25) is 0 Å². The predicted molar refractivity (Wildman–Crippen MR) is 128 cm³/mol. The monoisotopic (exact) mass is 429 g/mol. The van der Waals surface area contributed by atoms with Crippen LogP contribution in [0.3, 0.4) is 0 Å². The molecule has 32 heavy (non-hydrogen) atoms. The molecule has 1 aromatic heterocycles. The van der Waals surface area contributed by atoms with Crippen LogP contribution in [0.2, 0.25) is 0 Å². The number of hydrogen-bond acceptors (Lipinski definition) is 5. The zero-order valence-electron chi connectivity index (χ0n) is 18.3. The quantitative estimate of drug-likeness (QED) is 0.274. The number of H-pyrrole nitrogens is 1. The summed E-state index contributed by atoms with van der Waals surface area (Å²) in [6.45, 7) is 1.65. The minimum atomic E-state index is 0.438. The standard InChI is InChI=1S/C26H27N3O3/c1-30-22-12-8-19(9-13-22)10-14-23-25-24(29-28-23)15-11-21(26(25)31-2)17-32-18-27-16-20-6-4-3-5-7-20/h3-15,27H,16-18H2,1-2H3,(H,28,29)/b14-10+. The largest absolute Gasteiger partial charge is 0.497 e. The number of benzene rings is 3. The predicted octanol–water partition coefficient (Wildman–Crippen LogP) is 5.01. The van der Waals surface area contributed by atoms with Gasteiger partial charge in [-0.15, -0.1) is 0 Å². The molecule has 164 valence electrons. The highest BCUT2D eigenvalue weighted by Crippen LogP contribution is 2.32. The van der Waals surface area contributed by atoms with Crippen LogP contribution in [-0.4, -0.2) is 31.1 Å². The molecule has 3 aromatic carbocycles. The number of rotatable bonds is 10. The van der Waals surface area contributed by atoms with Crippen molar-refractivity contribution >= 4 is 23.1 Å². The molecule has 0 aliphatic carbocycles. The number of hydrogen-bond donors (Lipinski definition) is 2. The Morgan fingerprint density at radius 2 is 1.72 bits per heavy atom. The van der Waals surface area contributed by atoms with Crippen molar-refractivity contribution in [3.63, 3.8) is 0 Å². The fourth-order valence-corrected chi connectivity index (χ4v) is 3.53.